The Labute approximate surface area is 110 Å². The summed E-state index contributed by atoms with van der Waals surface area (Å²) < 4.78 is -1.03. The molecule has 0 aliphatic carbocycles. The molecule has 0 N–H and O–H groups in total. The molecular formula is C13H10Cl2S. The highest BCUT2D eigenvalue weighted by Gasteiger charge is 2.37. The SMILES string of the molecule is C=CC1=C(C=C)C(Cl)(Cl)c2ccccc2S1. The van der Waals surface area contributed by atoms with Crippen molar-refractivity contribution in [1.82, 2.24) is 0 Å². The summed E-state index contributed by atoms with van der Waals surface area (Å²) >= 11 is 14.4. The summed E-state index contributed by atoms with van der Waals surface area (Å²) in [6.07, 6.45) is 3.46. The number of benzene rings is 1. The number of halogens is 2. The molecule has 1 aliphatic rings. The van der Waals surface area contributed by atoms with Gasteiger partial charge in [-0.05, 0) is 6.07 Å². The molecule has 1 heterocycles. The van der Waals surface area contributed by atoms with Crippen molar-refractivity contribution in [3.8, 4) is 0 Å². The second-order valence-corrected chi connectivity index (χ2v) is 5.77. The van der Waals surface area contributed by atoms with E-state index in [9.17, 15) is 0 Å². The normalized spacial score (nSPS) is 17.9. The zero-order valence-corrected chi connectivity index (χ0v) is 10.9. The van der Waals surface area contributed by atoms with Crippen molar-refractivity contribution in [3.63, 3.8) is 0 Å². The van der Waals surface area contributed by atoms with Gasteiger partial charge in [-0.3, -0.25) is 0 Å². The van der Waals surface area contributed by atoms with Gasteiger partial charge in [-0.15, -0.1) is 0 Å². The van der Waals surface area contributed by atoms with Crippen LogP contribution in [0.4, 0.5) is 0 Å². The minimum Gasteiger partial charge on any atom is -0.0986 e. The molecule has 0 nitrogen and oxygen atoms in total. The Balaban J connectivity index is 2.68. The molecule has 1 aromatic carbocycles. The zero-order valence-electron chi connectivity index (χ0n) is 8.54. The van der Waals surface area contributed by atoms with Crippen molar-refractivity contribution >= 4 is 35.0 Å². The lowest BCUT2D eigenvalue weighted by atomic mass is 10.0. The van der Waals surface area contributed by atoms with Gasteiger partial charge in [-0.2, -0.15) is 0 Å². The molecule has 0 bridgehead atoms. The highest BCUT2D eigenvalue weighted by atomic mass is 35.5. The van der Waals surface area contributed by atoms with Crippen LogP contribution >= 0.6 is 35.0 Å². The summed E-state index contributed by atoms with van der Waals surface area (Å²) in [6, 6.07) is 7.84. The van der Waals surface area contributed by atoms with Crippen LogP contribution in [0, 0.1) is 0 Å². The number of allylic oxidation sites excluding steroid dienone is 3. The highest BCUT2D eigenvalue weighted by molar-refractivity contribution is 8.03. The van der Waals surface area contributed by atoms with E-state index in [2.05, 4.69) is 13.2 Å². The lowest BCUT2D eigenvalue weighted by Crippen LogP contribution is -2.18. The van der Waals surface area contributed by atoms with Gasteiger partial charge in [-0.25, -0.2) is 0 Å². The van der Waals surface area contributed by atoms with E-state index in [0.29, 0.717) is 0 Å². The molecule has 0 amide bonds. The maximum Gasteiger partial charge on any atom is 0.170 e. The molecule has 0 saturated heterocycles. The van der Waals surface area contributed by atoms with Gasteiger partial charge in [0.2, 0.25) is 0 Å². The van der Waals surface area contributed by atoms with Crippen molar-refractivity contribution in [2.24, 2.45) is 0 Å². The van der Waals surface area contributed by atoms with E-state index in [-0.39, 0.29) is 0 Å². The molecule has 2 rings (SSSR count). The second kappa shape index (κ2) is 4.33. The van der Waals surface area contributed by atoms with Crippen molar-refractivity contribution in [2.45, 2.75) is 9.23 Å². The van der Waals surface area contributed by atoms with Crippen molar-refractivity contribution in [2.75, 3.05) is 0 Å². The van der Waals surface area contributed by atoms with Crippen molar-refractivity contribution < 1.29 is 0 Å². The van der Waals surface area contributed by atoms with E-state index < -0.39 is 4.33 Å². The monoisotopic (exact) mass is 268 g/mol. The predicted octanol–water partition coefficient (Wildman–Crippen LogP) is 5.05. The Morgan fingerprint density at radius 3 is 2.44 bits per heavy atom. The van der Waals surface area contributed by atoms with Gasteiger partial charge in [-0.1, -0.05) is 78.5 Å². The minimum absolute atomic E-state index is 0.800. The van der Waals surface area contributed by atoms with Gasteiger partial charge in [0.1, 0.15) is 0 Å². The van der Waals surface area contributed by atoms with E-state index in [1.807, 2.05) is 24.3 Å². The van der Waals surface area contributed by atoms with E-state index in [1.54, 1.807) is 23.9 Å². The average Bonchev–Trinajstić information content (AvgIpc) is 2.28. The van der Waals surface area contributed by atoms with Gasteiger partial charge < -0.3 is 0 Å². The van der Waals surface area contributed by atoms with E-state index in [0.717, 1.165) is 20.9 Å². The Morgan fingerprint density at radius 1 is 1.12 bits per heavy atom. The van der Waals surface area contributed by atoms with Crippen LogP contribution in [0.5, 0.6) is 0 Å². The number of rotatable bonds is 2. The van der Waals surface area contributed by atoms with Crippen LogP contribution in [0.1, 0.15) is 5.56 Å². The second-order valence-electron chi connectivity index (χ2n) is 3.36. The summed E-state index contributed by atoms with van der Waals surface area (Å²) in [5.74, 6) is 0. The number of hydrogen-bond donors (Lipinski definition) is 0. The van der Waals surface area contributed by atoms with Gasteiger partial charge in [0.05, 0.1) is 0 Å². The molecule has 1 aromatic rings. The van der Waals surface area contributed by atoms with Crippen molar-refractivity contribution in [3.05, 3.63) is 65.6 Å². The Morgan fingerprint density at radius 2 is 1.81 bits per heavy atom. The first-order chi connectivity index (χ1) is 7.61. The highest BCUT2D eigenvalue weighted by Crippen LogP contribution is 2.53. The zero-order chi connectivity index (χ0) is 11.8. The Kier molecular flexibility index (Phi) is 3.20. The van der Waals surface area contributed by atoms with E-state index >= 15 is 0 Å². The Bertz CT molecular complexity index is 486. The molecular weight excluding hydrogens is 259 g/mol. The van der Waals surface area contributed by atoms with E-state index in [1.165, 1.54) is 0 Å². The van der Waals surface area contributed by atoms with Crippen LogP contribution in [0.25, 0.3) is 0 Å². The fourth-order valence-electron chi connectivity index (χ4n) is 1.67. The molecule has 0 fully saturated rings. The molecule has 0 radical (unpaired) electrons. The fourth-order valence-corrected chi connectivity index (χ4v) is 3.72. The number of hydrogen-bond acceptors (Lipinski definition) is 1. The van der Waals surface area contributed by atoms with Crippen LogP contribution in [0.15, 0.2) is 64.9 Å². The number of alkyl halides is 2. The minimum atomic E-state index is -1.03. The molecule has 0 saturated carbocycles. The van der Waals surface area contributed by atoms with Crippen LogP contribution in [-0.4, -0.2) is 0 Å². The molecule has 3 heteroatoms. The standard InChI is InChI=1S/C13H10Cl2S/c1-3-9-11(4-2)16-12-8-6-5-7-10(12)13(9,14)15/h3-8H,1-2H2. The largest absolute Gasteiger partial charge is 0.170 e. The van der Waals surface area contributed by atoms with Crippen molar-refractivity contribution in [1.29, 1.82) is 0 Å². The molecule has 82 valence electrons. The quantitative estimate of drug-likeness (QED) is 0.677. The first kappa shape index (κ1) is 11.8. The third kappa shape index (κ3) is 1.73. The molecule has 1 aliphatic heterocycles. The fraction of sp³-hybridized carbons (Fsp3) is 0.0769. The number of thioether (sulfide) groups is 1. The van der Waals surface area contributed by atoms with Gasteiger partial charge in [0.25, 0.3) is 0 Å². The Hall–Kier alpha value is -0.630. The third-order valence-corrected chi connectivity index (χ3v) is 4.44. The maximum absolute atomic E-state index is 6.42. The molecule has 0 unspecified atom stereocenters. The van der Waals surface area contributed by atoms with Crippen LogP contribution in [0.2, 0.25) is 0 Å². The predicted molar refractivity (Wildman–Crippen MR) is 73.1 cm³/mol. The first-order valence-electron chi connectivity index (χ1n) is 4.76. The van der Waals surface area contributed by atoms with Gasteiger partial charge >= 0.3 is 0 Å². The number of fused-ring (bicyclic) bond motifs is 1. The van der Waals surface area contributed by atoms with E-state index in [4.69, 9.17) is 23.2 Å². The van der Waals surface area contributed by atoms with Crippen LogP contribution < -0.4 is 0 Å². The smallest absolute Gasteiger partial charge is 0.0986 e. The lowest BCUT2D eigenvalue weighted by Gasteiger charge is -2.30. The third-order valence-electron chi connectivity index (χ3n) is 2.44. The molecule has 0 spiro atoms. The topological polar surface area (TPSA) is 0 Å². The summed E-state index contributed by atoms with van der Waals surface area (Å²) in [6.45, 7) is 7.54. The van der Waals surface area contributed by atoms with Gasteiger partial charge in [0.15, 0.2) is 4.33 Å². The van der Waals surface area contributed by atoms with Crippen LogP contribution in [-0.2, 0) is 4.33 Å². The summed E-state index contributed by atoms with van der Waals surface area (Å²) in [5, 5.41) is 0. The average molecular weight is 269 g/mol. The summed E-state index contributed by atoms with van der Waals surface area (Å²) in [7, 11) is 0. The first-order valence-corrected chi connectivity index (χ1v) is 6.33. The maximum atomic E-state index is 6.42. The molecule has 16 heavy (non-hydrogen) atoms. The van der Waals surface area contributed by atoms with Crippen LogP contribution in [0.3, 0.4) is 0 Å². The summed E-state index contributed by atoms with van der Waals surface area (Å²) in [4.78, 5) is 2.02. The molecule has 0 atom stereocenters. The summed E-state index contributed by atoms with van der Waals surface area (Å²) in [5.41, 5.74) is 1.71. The molecule has 0 aromatic heterocycles. The van der Waals surface area contributed by atoms with Gasteiger partial charge in [0, 0.05) is 20.9 Å². The lowest BCUT2D eigenvalue weighted by molar-refractivity contribution is 0.983.